The highest BCUT2D eigenvalue weighted by molar-refractivity contribution is 8.06. The molecule has 0 aliphatic carbocycles. The summed E-state index contributed by atoms with van der Waals surface area (Å²) in [5, 5.41) is 13.9. The molecule has 1 saturated heterocycles. The Morgan fingerprint density at radius 3 is 2.95 bits per heavy atom. The number of phenols is 1. The molecule has 0 bridgehead atoms. The number of aromatic hydroxyl groups is 1. The molecule has 1 N–H and O–H groups in total. The van der Waals surface area contributed by atoms with Gasteiger partial charge in [0.2, 0.25) is 0 Å². The molecule has 2 aromatic rings. The summed E-state index contributed by atoms with van der Waals surface area (Å²) in [6, 6.07) is 3.89. The highest BCUT2D eigenvalue weighted by Gasteiger charge is 2.30. The fourth-order valence-corrected chi connectivity index (χ4v) is 5.26. The number of halogens is 1. The van der Waals surface area contributed by atoms with Gasteiger partial charge in [-0.25, -0.2) is 4.39 Å². The lowest BCUT2D eigenvalue weighted by Gasteiger charge is -2.27. The lowest BCUT2D eigenvalue weighted by molar-refractivity contribution is 0.418. The molecule has 7 heteroatoms. The molecule has 4 nitrogen and oxygen atoms in total. The van der Waals surface area contributed by atoms with Crippen molar-refractivity contribution in [3.8, 4) is 17.2 Å². The number of thioether (sulfide) groups is 2. The second kappa shape index (κ2) is 6.27. The summed E-state index contributed by atoms with van der Waals surface area (Å²) in [6.45, 7) is 2.15. The summed E-state index contributed by atoms with van der Waals surface area (Å²) >= 11 is 3.75. The summed E-state index contributed by atoms with van der Waals surface area (Å²) in [4.78, 5) is 4.36. The summed E-state index contributed by atoms with van der Waals surface area (Å²) in [5.74, 6) is 2.29. The van der Waals surface area contributed by atoms with Gasteiger partial charge in [0.05, 0.1) is 10.8 Å². The van der Waals surface area contributed by atoms with Crippen LogP contribution in [0.1, 0.15) is 24.4 Å². The molecule has 2 heterocycles. The molecule has 112 valence electrons. The van der Waals surface area contributed by atoms with E-state index < -0.39 is 5.82 Å². The number of hydrogen-bond acceptors (Lipinski definition) is 6. The Morgan fingerprint density at radius 1 is 1.38 bits per heavy atom. The monoisotopic (exact) mass is 326 g/mol. The zero-order chi connectivity index (χ0) is 14.8. The number of benzene rings is 1. The molecule has 0 amide bonds. The Morgan fingerprint density at radius 2 is 2.19 bits per heavy atom. The van der Waals surface area contributed by atoms with E-state index in [1.165, 1.54) is 12.1 Å². The number of hydrogen-bond donors (Lipinski definition) is 1. The Labute approximate surface area is 130 Å². The second-order valence-corrected chi connectivity index (χ2v) is 7.33. The van der Waals surface area contributed by atoms with Crippen molar-refractivity contribution in [1.29, 1.82) is 0 Å². The predicted molar refractivity (Wildman–Crippen MR) is 83.1 cm³/mol. The van der Waals surface area contributed by atoms with Gasteiger partial charge in [-0.15, -0.1) is 11.8 Å². The lowest BCUT2D eigenvalue weighted by Crippen LogP contribution is -2.19. The standard InChI is InChI=1S/C14H15FN2O2S2/c1-2-11-12(21-6-5-20-11)13-16-14(19-17-13)9-4-3-8(18)7-10(9)15/h3-4,7,11-12,18H,2,5-6H2,1H3. The fraction of sp³-hybridized carbons (Fsp3) is 0.429. The summed E-state index contributed by atoms with van der Waals surface area (Å²) < 4.78 is 19.0. The molecule has 1 aromatic heterocycles. The molecule has 1 aliphatic heterocycles. The molecule has 1 aromatic carbocycles. The van der Waals surface area contributed by atoms with E-state index in [9.17, 15) is 9.50 Å². The van der Waals surface area contributed by atoms with E-state index in [0.29, 0.717) is 11.1 Å². The molecule has 2 unspecified atom stereocenters. The van der Waals surface area contributed by atoms with Crippen LogP contribution in [0.5, 0.6) is 5.75 Å². The van der Waals surface area contributed by atoms with Gasteiger partial charge in [0.1, 0.15) is 11.6 Å². The number of nitrogens with zero attached hydrogens (tertiary/aromatic N) is 2. The van der Waals surface area contributed by atoms with Crippen molar-refractivity contribution in [2.75, 3.05) is 11.5 Å². The van der Waals surface area contributed by atoms with Crippen LogP contribution < -0.4 is 0 Å². The largest absolute Gasteiger partial charge is 0.508 e. The normalized spacial score (nSPS) is 22.4. The highest BCUT2D eigenvalue weighted by atomic mass is 32.2. The van der Waals surface area contributed by atoms with Gasteiger partial charge in [-0.2, -0.15) is 16.7 Å². The number of aromatic nitrogens is 2. The third kappa shape index (κ3) is 3.03. The van der Waals surface area contributed by atoms with Gasteiger partial charge < -0.3 is 9.63 Å². The first-order valence-electron chi connectivity index (χ1n) is 6.74. The van der Waals surface area contributed by atoms with Gasteiger partial charge in [0, 0.05) is 22.8 Å². The van der Waals surface area contributed by atoms with Crippen LogP contribution in [-0.4, -0.2) is 32.0 Å². The first kappa shape index (κ1) is 14.7. The van der Waals surface area contributed by atoms with Gasteiger partial charge in [0.15, 0.2) is 5.82 Å². The molecule has 3 rings (SSSR count). The van der Waals surface area contributed by atoms with E-state index in [0.717, 1.165) is 24.0 Å². The van der Waals surface area contributed by atoms with E-state index in [2.05, 4.69) is 17.1 Å². The average Bonchev–Trinajstić information content (AvgIpc) is 2.96. The Kier molecular flexibility index (Phi) is 4.40. The number of phenolic OH excluding ortho intramolecular Hbond substituents is 1. The molecule has 2 atom stereocenters. The summed E-state index contributed by atoms with van der Waals surface area (Å²) in [6.07, 6.45) is 1.04. The molecule has 1 fully saturated rings. The molecular weight excluding hydrogens is 311 g/mol. The van der Waals surface area contributed by atoms with E-state index >= 15 is 0 Å². The molecule has 1 aliphatic rings. The maximum Gasteiger partial charge on any atom is 0.260 e. The van der Waals surface area contributed by atoms with E-state index in [4.69, 9.17) is 4.52 Å². The predicted octanol–water partition coefficient (Wildman–Crippen LogP) is 3.88. The zero-order valence-corrected chi connectivity index (χ0v) is 13.1. The molecule has 0 radical (unpaired) electrons. The van der Waals surface area contributed by atoms with Gasteiger partial charge in [-0.1, -0.05) is 12.1 Å². The van der Waals surface area contributed by atoms with Crippen LogP contribution in [0.2, 0.25) is 0 Å². The second-order valence-electron chi connectivity index (χ2n) is 4.73. The van der Waals surface area contributed by atoms with E-state index in [-0.39, 0.29) is 22.5 Å². The minimum absolute atomic E-state index is 0.124. The van der Waals surface area contributed by atoms with E-state index in [1.807, 2.05) is 23.5 Å². The maximum atomic E-state index is 13.8. The topological polar surface area (TPSA) is 59.2 Å². The third-order valence-electron chi connectivity index (χ3n) is 3.33. The fourth-order valence-electron chi connectivity index (χ4n) is 2.28. The van der Waals surface area contributed by atoms with Gasteiger partial charge in [-0.3, -0.25) is 0 Å². The van der Waals surface area contributed by atoms with Crippen LogP contribution in [0.3, 0.4) is 0 Å². The van der Waals surface area contributed by atoms with Crippen LogP contribution in [0.4, 0.5) is 4.39 Å². The van der Waals surface area contributed by atoms with E-state index in [1.54, 1.807) is 0 Å². The van der Waals surface area contributed by atoms with Crippen molar-refractivity contribution < 1.29 is 14.0 Å². The smallest absolute Gasteiger partial charge is 0.260 e. The minimum Gasteiger partial charge on any atom is -0.508 e. The highest BCUT2D eigenvalue weighted by Crippen LogP contribution is 2.43. The van der Waals surface area contributed by atoms with Crippen molar-refractivity contribution in [3.05, 3.63) is 29.8 Å². The van der Waals surface area contributed by atoms with Gasteiger partial charge in [0.25, 0.3) is 5.89 Å². The zero-order valence-electron chi connectivity index (χ0n) is 11.5. The van der Waals surface area contributed by atoms with Gasteiger partial charge >= 0.3 is 0 Å². The van der Waals surface area contributed by atoms with Crippen LogP contribution in [-0.2, 0) is 0 Å². The maximum absolute atomic E-state index is 13.8. The first-order valence-corrected chi connectivity index (χ1v) is 8.84. The van der Waals surface area contributed by atoms with Crippen molar-refractivity contribution in [2.45, 2.75) is 23.8 Å². The Bertz CT molecular complexity index is 635. The van der Waals surface area contributed by atoms with Crippen LogP contribution in [0.25, 0.3) is 11.5 Å². The van der Waals surface area contributed by atoms with Crippen molar-refractivity contribution in [3.63, 3.8) is 0 Å². The SMILES string of the molecule is CCC1SCCSC1c1noc(-c2ccc(O)cc2F)n1. The summed E-state index contributed by atoms with van der Waals surface area (Å²) in [5.41, 5.74) is 0.216. The van der Waals surface area contributed by atoms with Crippen molar-refractivity contribution >= 4 is 23.5 Å². The van der Waals surface area contributed by atoms with Gasteiger partial charge in [-0.05, 0) is 18.6 Å². The van der Waals surface area contributed by atoms with Crippen molar-refractivity contribution in [1.82, 2.24) is 10.1 Å². The third-order valence-corrected chi connectivity index (χ3v) is 6.57. The average molecular weight is 326 g/mol. The Hall–Kier alpha value is -1.21. The minimum atomic E-state index is -0.567. The number of rotatable bonds is 3. The Balaban J connectivity index is 1.89. The molecule has 0 saturated carbocycles. The van der Waals surface area contributed by atoms with Crippen LogP contribution >= 0.6 is 23.5 Å². The van der Waals surface area contributed by atoms with Crippen LogP contribution in [0, 0.1) is 5.82 Å². The first-order chi connectivity index (χ1) is 10.2. The lowest BCUT2D eigenvalue weighted by atomic mass is 10.2. The summed E-state index contributed by atoms with van der Waals surface area (Å²) in [7, 11) is 0. The quantitative estimate of drug-likeness (QED) is 0.923. The van der Waals surface area contributed by atoms with Crippen molar-refractivity contribution in [2.24, 2.45) is 0 Å². The molecule has 0 spiro atoms. The molecular formula is C14H15FN2O2S2. The molecule has 21 heavy (non-hydrogen) atoms. The van der Waals surface area contributed by atoms with Crippen LogP contribution in [0.15, 0.2) is 22.7 Å².